The third kappa shape index (κ3) is 16.3. The summed E-state index contributed by atoms with van der Waals surface area (Å²) in [7, 11) is 0. The number of carboxylic acid groups (broad SMARTS) is 1. The minimum Gasteiger partial charge on any atom is -0.480 e. The first kappa shape index (κ1) is 24.9. The summed E-state index contributed by atoms with van der Waals surface area (Å²) < 4.78 is 0. The van der Waals surface area contributed by atoms with E-state index in [9.17, 15) is 9.59 Å². The summed E-state index contributed by atoms with van der Waals surface area (Å²) in [6.07, 6.45) is 14.3. The van der Waals surface area contributed by atoms with Crippen LogP contribution < -0.4 is 5.32 Å². The molecule has 0 saturated carbocycles. The van der Waals surface area contributed by atoms with Crippen molar-refractivity contribution in [1.29, 1.82) is 0 Å². The van der Waals surface area contributed by atoms with Crippen LogP contribution in [-0.4, -0.2) is 59.8 Å². The monoisotopic (exact) mass is 372 g/mol. The number of hydrogen-bond donors (Lipinski definition) is 3. The molecular weight excluding hydrogens is 332 g/mol. The Morgan fingerprint density at radius 2 is 1.38 bits per heavy atom. The molecule has 0 aliphatic rings. The second-order valence-electron chi connectivity index (χ2n) is 6.96. The number of nitrogens with one attached hydrogen (secondary N) is 1. The molecule has 6 heteroatoms. The quantitative estimate of drug-likeness (QED) is 0.303. The summed E-state index contributed by atoms with van der Waals surface area (Å²) in [5, 5.41) is 20.4. The van der Waals surface area contributed by atoms with Crippen molar-refractivity contribution in [3.8, 4) is 0 Å². The third-order valence-electron chi connectivity index (χ3n) is 4.55. The van der Waals surface area contributed by atoms with E-state index in [-0.39, 0.29) is 19.1 Å². The number of aliphatic carboxylic acids is 1. The maximum Gasteiger partial charge on any atom is 0.317 e. The Bertz CT molecular complexity index is 351. The second kappa shape index (κ2) is 18.6. The Kier molecular flexibility index (Phi) is 17.8. The van der Waals surface area contributed by atoms with E-state index in [0.29, 0.717) is 26.1 Å². The Hall–Kier alpha value is -1.14. The van der Waals surface area contributed by atoms with Gasteiger partial charge in [0.25, 0.3) is 0 Å². The molecule has 0 aromatic heterocycles. The van der Waals surface area contributed by atoms with Gasteiger partial charge >= 0.3 is 5.97 Å². The maximum atomic E-state index is 12.2. The van der Waals surface area contributed by atoms with Crippen molar-refractivity contribution in [1.82, 2.24) is 10.2 Å². The smallest absolute Gasteiger partial charge is 0.317 e. The van der Waals surface area contributed by atoms with E-state index in [1.807, 2.05) is 0 Å². The molecule has 26 heavy (non-hydrogen) atoms. The number of rotatable bonds is 19. The number of carboxylic acids is 1. The normalized spacial score (nSPS) is 10.8. The molecule has 0 heterocycles. The zero-order chi connectivity index (χ0) is 19.5. The van der Waals surface area contributed by atoms with Gasteiger partial charge in [-0.1, -0.05) is 71.1 Å². The summed E-state index contributed by atoms with van der Waals surface area (Å²) in [5.74, 6) is -0.863. The fourth-order valence-corrected chi connectivity index (χ4v) is 2.99. The summed E-state index contributed by atoms with van der Waals surface area (Å²) >= 11 is 0. The molecule has 0 aliphatic heterocycles. The first-order valence-corrected chi connectivity index (χ1v) is 10.4. The van der Waals surface area contributed by atoms with Gasteiger partial charge in [0, 0.05) is 26.1 Å². The Morgan fingerprint density at radius 1 is 0.846 bits per heavy atom. The van der Waals surface area contributed by atoms with Gasteiger partial charge in [0.2, 0.25) is 5.91 Å². The highest BCUT2D eigenvalue weighted by Crippen LogP contribution is 2.12. The number of carbonyl (C=O) groups is 2. The van der Waals surface area contributed by atoms with Crippen molar-refractivity contribution in [3.63, 3.8) is 0 Å². The molecule has 0 rings (SSSR count). The summed E-state index contributed by atoms with van der Waals surface area (Å²) in [6, 6.07) is 0. The number of unbranched alkanes of at least 4 members (excludes halogenated alkanes) is 10. The van der Waals surface area contributed by atoms with E-state index in [4.69, 9.17) is 10.2 Å². The third-order valence-corrected chi connectivity index (χ3v) is 4.55. The molecule has 1 amide bonds. The van der Waals surface area contributed by atoms with Crippen LogP contribution in [0.4, 0.5) is 0 Å². The van der Waals surface area contributed by atoms with E-state index in [1.54, 1.807) is 4.90 Å². The molecule has 0 radical (unpaired) electrons. The SMILES string of the molecule is CCCCCCCCCCCCCC(=O)N(CCO)CCNCC(=O)O. The lowest BCUT2D eigenvalue weighted by Crippen LogP contribution is -2.39. The first-order valence-electron chi connectivity index (χ1n) is 10.4. The van der Waals surface area contributed by atoms with E-state index in [0.717, 1.165) is 12.8 Å². The van der Waals surface area contributed by atoms with Gasteiger partial charge in [-0.3, -0.25) is 9.59 Å². The highest BCUT2D eigenvalue weighted by Gasteiger charge is 2.12. The molecule has 0 bridgehead atoms. The predicted octanol–water partition coefficient (Wildman–Crippen LogP) is 3.18. The van der Waals surface area contributed by atoms with Crippen LogP contribution in [0.15, 0.2) is 0 Å². The van der Waals surface area contributed by atoms with Gasteiger partial charge < -0.3 is 20.4 Å². The van der Waals surface area contributed by atoms with Crippen LogP contribution in [0.5, 0.6) is 0 Å². The maximum absolute atomic E-state index is 12.2. The summed E-state index contributed by atoms with van der Waals surface area (Å²) in [5.41, 5.74) is 0. The van der Waals surface area contributed by atoms with Crippen molar-refractivity contribution in [3.05, 3.63) is 0 Å². The van der Waals surface area contributed by atoms with Crippen LogP contribution >= 0.6 is 0 Å². The van der Waals surface area contributed by atoms with E-state index in [1.165, 1.54) is 57.8 Å². The molecule has 0 aromatic carbocycles. The molecular formula is C20H40N2O4. The van der Waals surface area contributed by atoms with Crippen LogP contribution in [0.2, 0.25) is 0 Å². The average Bonchev–Trinajstić information content (AvgIpc) is 2.61. The lowest BCUT2D eigenvalue weighted by Gasteiger charge is -2.22. The number of hydrogen-bond acceptors (Lipinski definition) is 4. The topological polar surface area (TPSA) is 89.9 Å². The number of aliphatic hydroxyl groups is 1. The van der Waals surface area contributed by atoms with Crippen LogP contribution in [0, 0.1) is 0 Å². The van der Waals surface area contributed by atoms with Crippen molar-refractivity contribution in [2.45, 2.75) is 84.0 Å². The second-order valence-corrected chi connectivity index (χ2v) is 6.96. The zero-order valence-corrected chi connectivity index (χ0v) is 16.7. The van der Waals surface area contributed by atoms with Gasteiger partial charge in [-0.2, -0.15) is 0 Å². The van der Waals surface area contributed by atoms with E-state index >= 15 is 0 Å². The molecule has 6 nitrogen and oxygen atoms in total. The van der Waals surface area contributed by atoms with Gasteiger partial charge in [-0.15, -0.1) is 0 Å². The summed E-state index contributed by atoms with van der Waals surface area (Å²) in [6.45, 7) is 3.24. The lowest BCUT2D eigenvalue weighted by atomic mass is 10.1. The molecule has 0 aromatic rings. The van der Waals surface area contributed by atoms with Crippen LogP contribution in [0.1, 0.15) is 84.0 Å². The van der Waals surface area contributed by atoms with Crippen molar-refractivity contribution >= 4 is 11.9 Å². The standard InChI is InChI=1S/C20H40N2O4/c1-2-3-4-5-6-7-8-9-10-11-12-13-19(24)22(16-17-23)15-14-21-18-20(25)26/h21,23H,2-18H2,1H3,(H,25,26). The highest BCUT2D eigenvalue weighted by molar-refractivity contribution is 5.76. The van der Waals surface area contributed by atoms with Gasteiger partial charge in [0.05, 0.1) is 13.2 Å². The van der Waals surface area contributed by atoms with Crippen LogP contribution in [0.25, 0.3) is 0 Å². The molecule has 0 spiro atoms. The molecule has 154 valence electrons. The first-order chi connectivity index (χ1) is 12.6. The molecule has 0 saturated heterocycles. The molecule has 0 fully saturated rings. The fourth-order valence-electron chi connectivity index (χ4n) is 2.99. The van der Waals surface area contributed by atoms with Crippen LogP contribution in [0.3, 0.4) is 0 Å². The van der Waals surface area contributed by atoms with E-state index < -0.39 is 5.97 Å². The highest BCUT2D eigenvalue weighted by atomic mass is 16.4. The van der Waals surface area contributed by atoms with Gasteiger partial charge in [0.15, 0.2) is 0 Å². The molecule has 0 unspecified atom stereocenters. The van der Waals surface area contributed by atoms with Gasteiger partial charge in [-0.05, 0) is 6.42 Å². The Balaban J connectivity index is 3.61. The van der Waals surface area contributed by atoms with Crippen molar-refractivity contribution in [2.24, 2.45) is 0 Å². The fraction of sp³-hybridized carbons (Fsp3) is 0.900. The molecule has 3 N–H and O–H groups in total. The number of carbonyl (C=O) groups excluding carboxylic acids is 1. The predicted molar refractivity (Wildman–Crippen MR) is 105 cm³/mol. The zero-order valence-electron chi connectivity index (χ0n) is 16.7. The largest absolute Gasteiger partial charge is 0.480 e. The minimum absolute atomic E-state index is 0.0482. The number of nitrogens with zero attached hydrogens (tertiary/aromatic N) is 1. The minimum atomic E-state index is -0.911. The van der Waals surface area contributed by atoms with Crippen molar-refractivity contribution < 1.29 is 19.8 Å². The van der Waals surface area contributed by atoms with Gasteiger partial charge in [-0.25, -0.2) is 0 Å². The van der Waals surface area contributed by atoms with Crippen LogP contribution in [-0.2, 0) is 9.59 Å². The Morgan fingerprint density at radius 3 is 1.88 bits per heavy atom. The van der Waals surface area contributed by atoms with E-state index in [2.05, 4.69) is 12.2 Å². The van der Waals surface area contributed by atoms with Gasteiger partial charge in [0.1, 0.15) is 0 Å². The van der Waals surface area contributed by atoms with Crippen molar-refractivity contribution in [2.75, 3.05) is 32.8 Å². The number of amides is 1. The lowest BCUT2D eigenvalue weighted by molar-refractivity contribution is -0.135. The number of aliphatic hydroxyl groups excluding tert-OH is 1. The average molecular weight is 373 g/mol. The Labute approximate surface area is 159 Å². The molecule has 0 aliphatic carbocycles. The molecule has 0 atom stereocenters. The summed E-state index contributed by atoms with van der Waals surface area (Å²) in [4.78, 5) is 24.3.